The van der Waals surface area contributed by atoms with Crippen molar-refractivity contribution >= 4 is 16.8 Å². The molecule has 0 radical (unpaired) electrons. The van der Waals surface area contributed by atoms with Crippen LogP contribution in [0, 0.1) is 0 Å². The number of para-hydroxylation sites is 1. The molecule has 1 aromatic carbocycles. The molecule has 2 aliphatic rings. The Morgan fingerprint density at radius 3 is 2.96 bits per heavy atom. The minimum atomic E-state index is -0.0858. The summed E-state index contributed by atoms with van der Waals surface area (Å²) in [6.07, 6.45) is 2.92. The van der Waals surface area contributed by atoms with Gasteiger partial charge in [-0.25, -0.2) is 4.98 Å². The molecule has 0 aliphatic carbocycles. The van der Waals surface area contributed by atoms with Crippen LogP contribution >= 0.6 is 0 Å². The topological polar surface area (TPSA) is 78.5 Å². The average Bonchev–Trinajstić information content (AvgIpc) is 3.02. The third-order valence-electron chi connectivity index (χ3n) is 5.26. The fourth-order valence-electron chi connectivity index (χ4n) is 3.88. The number of hydrogen-bond acceptors (Lipinski definition) is 5. The fourth-order valence-corrected chi connectivity index (χ4v) is 3.88. The van der Waals surface area contributed by atoms with E-state index >= 15 is 0 Å². The van der Waals surface area contributed by atoms with Crippen LogP contribution in [0.1, 0.15) is 31.1 Å². The lowest BCUT2D eigenvalue weighted by molar-refractivity contribution is -0.134. The van der Waals surface area contributed by atoms with Crippen molar-refractivity contribution in [2.75, 3.05) is 39.4 Å². The maximum Gasteiger partial charge on any atom is 0.258 e. The molecule has 7 heteroatoms. The highest BCUT2D eigenvalue weighted by atomic mass is 16.5. The van der Waals surface area contributed by atoms with Gasteiger partial charge in [-0.15, -0.1) is 0 Å². The predicted molar refractivity (Wildman–Crippen MR) is 97.9 cm³/mol. The molecule has 1 amide bonds. The van der Waals surface area contributed by atoms with Crippen molar-refractivity contribution < 1.29 is 9.53 Å². The summed E-state index contributed by atoms with van der Waals surface area (Å²) in [7, 11) is 0. The molecule has 2 aliphatic heterocycles. The number of carbonyl (C=O) groups excluding carboxylic acids is 1. The van der Waals surface area contributed by atoms with Gasteiger partial charge in [0, 0.05) is 26.2 Å². The van der Waals surface area contributed by atoms with Gasteiger partial charge >= 0.3 is 0 Å². The molecule has 26 heavy (non-hydrogen) atoms. The first-order valence-electron chi connectivity index (χ1n) is 9.31. The minimum Gasteiger partial charge on any atom is -0.372 e. The molecule has 2 saturated heterocycles. The summed E-state index contributed by atoms with van der Waals surface area (Å²) < 4.78 is 5.30. The summed E-state index contributed by atoms with van der Waals surface area (Å²) in [6.45, 7) is 4.02. The Morgan fingerprint density at radius 2 is 2.04 bits per heavy atom. The van der Waals surface area contributed by atoms with Crippen LogP contribution in [0.2, 0.25) is 0 Å². The van der Waals surface area contributed by atoms with Gasteiger partial charge in [0.25, 0.3) is 5.56 Å². The number of likely N-dealkylation sites (tertiary alicyclic amines) is 1. The van der Waals surface area contributed by atoms with Gasteiger partial charge in [-0.05, 0) is 37.9 Å². The van der Waals surface area contributed by atoms with E-state index in [0.29, 0.717) is 18.5 Å². The van der Waals surface area contributed by atoms with Crippen LogP contribution < -0.4 is 5.56 Å². The quantitative estimate of drug-likeness (QED) is 0.894. The van der Waals surface area contributed by atoms with E-state index in [9.17, 15) is 9.59 Å². The van der Waals surface area contributed by atoms with Gasteiger partial charge in [-0.1, -0.05) is 12.1 Å². The summed E-state index contributed by atoms with van der Waals surface area (Å²) >= 11 is 0. The molecular weight excluding hydrogens is 332 g/mol. The third-order valence-corrected chi connectivity index (χ3v) is 5.26. The number of fused-ring (bicyclic) bond motifs is 1. The zero-order valence-electron chi connectivity index (χ0n) is 14.8. The standard InChI is InChI=1S/C19H24N4O3/c24-17-13-26-12-4-9-23(17)11-10-22-8-3-7-16(22)18-20-15-6-2-1-5-14(15)19(25)21-18/h1-2,5-6,16H,3-4,7-13H2,(H,20,21,25). The number of nitrogens with zero attached hydrogens (tertiary/aromatic N) is 3. The first kappa shape index (κ1) is 17.2. The van der Waals surface area contributed by atoms with Gasteiger partial charge in [0.1, 0.15) is 12.4 Å². The number of carbonyl (C=O) groups is 1. The molecular formula is C19H24N4O3. The Morgan fingerprint density at radius 1 is 1.15 bits per heavy atom. The SMILES string of the molecule is O=C1COCCCN1CCN1CCCC1c1nc2ccccc2c(=O)[nH]1. The van der Waals surface area contributed by atoms with Crippen LogP contribution in [0.15, 0.2) is 29.1 Å². The van der Waals surface area contributed by atoms with Crippen LogP contribution in [0.3, 0.4) is 0 Å². The molecule has 7 nitrogen and oxygen atoms in total. The van der Waals surface area contributed by atoms with Crippen molar-refractivity contribution in [3.63, 3.8) is 0 Å². The summed E-state index contributed by atoms with van der Waals surface area (Å²) in [6, 6.07) is 7.53. The molecule has 1 N–H and O–H groups in total. The van der Waals surface area contributed by atoms with Crippen molar-refractivity contribution in [3.05, 3.63) is 40.4 Å². The summed E-state index contributed by atoms with van der Waals surface area (Å²) in [5, 5.41) is 0.621. The molecule has 1 unspecified atom stereocenters. The number of aromatic amines is 1. The highest BCUT2D eigenvalue weighted by Crippen LogP contribution is 2.29. The number of benzene rings is 1. The first-order chi connectivity index (χ1) is 12.7. The summed E-state index contributed by atoms with van der Waals surface area (Å²) in [5.74, 6) is 0.798. The fraction of sp³-hybridized carbons (Fsp3) is 0.526. The molecule has 2 fully saturated rings. The Balaban J connectivity index is 1.50. The first-order valence-corrected chi connectivity index (χ1v) is 9.31. The number of ether oxygens (including phenoxy) is 1. The molecule has 2 aromatic rings. The van der Waals surface area contributed by atoms with Gasteiger partial charge in [0.2, 0.25) is 5.91 Å². The van der Waals surface area contributed by atoms with Crippen molar-refractivity contribution in [2.24, 2.45) is 0 Å². The maximum absolute atomic E-state index is 12.4. The van der Waals surface area contributed by atoms with E-state index in [1.807, 2.05) is 23.1 Å². The van der Waals surface area contributed by atoms with E-state index in [0.717, 1.165) is 50.2 Å². The van der Waals surface area contributed by atoms with Crippen LogP contribution in [0.4, 0.5) is 0 Å². The molecule has 1 atom stereocenters. The molecule has 0 spiro atoms. The zero-order valence-corrected chi connectivity index (χ0v) is 14.8. The van der Waals surface area contributed by atoms with Crippen molar-refractivity contribution in [2.45, 2.75) is 25.3 Å². The summed E-state index contributed by atoms with van der Waals surface area (Å²) in [4.78, 5) is 36.3. The molecule has 0 bridgehead atoms. The number of aromatic nitrogens is 2. The maximum atomic E-state index is 12.4. The second-order valence-corrected chi connectivity index (χ2v) is 6.95. The van der Waals surface area contributed by atoms with Gasteiger partial charge in [-0.2, -0.15) is 0 Å². The number of H-pyrrole nitrogens is 1. The lowest BCUT2D eigenvalue weighted by atomic mass is 10.2. The van der Waals surface area contributed by atoms with Crippen LogP contribution in [0.5, 0.6) is 0 Å². The lowest BCUT2D eigenvalue weighted by Crippen LogP contribution is -2.39. The smallest absolute Gasteiger partial charge is 0.258 e. The minimum absolute atomic E-state index is 0.0653. The van der Waals surface area contributed by atoms with Crippen molar-refractivity contribution in [1.29, 1.82) is 0 Å². The molecule has 4 rings (SSSR count). The van der Waals surface area contributed by atoms with E-state index in [-0.39, 0.29) is 24.1 Å². The van der Waals surface area contributed by atoms with Crippen LogP contribution in [-0.2, 0) is 9.53 Å². The number of hydrogen-bond donors (Lipinski definition) is 1. The monoisotopic (exact) mass is 356 g/mol. The predicted octanol–water partition coefficient (Wildman–Crippen LogP) is 1.31. The average molecular weight is 356 g/mol. The number of rotatable bonds is 4. The van der Waals surface area contributed by atoms with Gasteiger partial charge in [-0.3, -0.25) is 14.5 Å². The van der Waals surface area contributed by atoms with Crippen molar-refractivity contribution in [1.82, 2.24) is 19.8 Å². The second-order valence-electron chi connectivity index (χ2n) is 6.95. The normalized spacial score (nSPS) is 22.1. The Labute approximate surface area is 152 Å². The number of amides is 1. The van der Waals surface area contributed by atoms with E-state index in [1.54, 1.807) is 6.07 Å². The highest BCUT2D eigenvalue weighted by Gasteiger charge is 2.29. The Hall–Kier alpha value is -2.25. The zero-order chi connectivity index (χ0) is 17.9. The number of nitrogens with one attached hydrogen (secondary N) is 1. The molecule has 138 valence electrons. The van der Waals surface area contributed by atoms with Crippen LogP contribution in [0.25, 0.3) is 10.9 Å². The van der Waals surface area contributed by atoms with Gasteiger partial charge in [0.15, 0.2) is 0 Å². The third kappa shape index (κ3) is 3.50. The lowest BCUT2D eigenvalue weighted by Gasteiger charge is -2.27. The molecule has 3 heterocycles. The van der Waals surface area contributed by atoms with Crippen molar-refractivity contribution in [3.8, 4) is 0 Å². The van der Waals surface area contributed by atoms with Gasteiger partial charge < -0.3 is 14.6 Å². The van der Waals surface area contributed by atoms with Crippen LogP contribution in [-0.4, -0.2) is 65.1 Å². The highest BCUT2D eigenvalue weighted by molar-refractivity contribution is 5.78. The van der Waals surface area contributed by atoms with E-state index in [4.69, 9.17) is 9.72 Å². The van der Waals surface area contributed by atoms with E-state index < -0.39 is 0 Å². The largest absolute Gasteiger partial charge is 0.372 e. The Bertz CT molecular complexity index is 850. The van der Waals surface area contributed by atoms with E-state index in [2.05, 4.69) is 9.88 Å². The van der Waals surface area contributed by atoms with Gasteiger partial charge in [0.05, 0.1) is 16.9 Å². The Kier molecular flexibility index (Phi) is 4.99. The molecule has 1 aromatic heterocycles. The second kappa shape index (κ2) is 7.55. The summed E-state index contributed by atoms with van der Waals surface area (Å²) in [5.41, 5.74) is 0.648. The van der Waals surface area contributed by atoms with E-state index in [1.165, 1.54) is 0 Å². The molecule has 0 saturated carbocycles.